The number of nitriles is 1. The van der Waals surface area contributed by atoms with Crippen molar-refractivity contribution < 1.29 is 46.9 Å². The normalized spacial score (nSPS) is 19.9. The van der Waals surface area contributed by atoms with Crippen molar-refractivity contribution in [2.45, 2.75) is 110 Å². The molecule has 5 aromatic rings. The zero-order valence-electron chi connectivity index (χ0n) is 42.5. The van der Waals surface area contributed by atoms with Gasteiger partial charge in [-0.15, -0.1) is 11.3 Å². The number of thiazole rings is 1. The summed E-state index contributed by atoms with van der Waals surface area (Å²) < 4.78 is 53.3. The van der Waals surface area contributed by atoms with Crippen molar-refractivity contribution in [1.82, 2.24) is 25.6 Å². The van der Waals surface area contributed by atoms with E-state index >= 15 is 0 Å². The average Bonchev–Trinajstić information content (AvgIpc) is 4.04. The Kier molecular flexibility index (Phi) is 15.7. The molecule has 8 rings (SSSR count). The quantitative estimate of drug-likeness (QED) is 0.0842. The summed E-state index contributed by atoms with van der Waals surface area (Å²) in [5, 5.41) is 25.8. The molecule has 2 unspecified atom stereocenters. The van der Waals surface area contributed by atoms with Crippen molar-refractivity contribution in [2.75, 3.05) is 34.4 Å². The van der Waals surface area contributed by atoms with Crippen LogP contribution in [0.5, 0.6) is 11.6 Å². The molecule has 2 aromatic carbocycles. The second-order valence-electron chi connectivity index (χ2n) is 20.7. The summed E-state index contributed by atoms with van der Waals surface area (Å²) in [7, 11) is 0. The van der Waals surface area contributed by atoms with Crippen LogP contribution in [0.15, 0.2) is 84.6 Å². The molecule has 5 atom stereocenters. The van der Waals surface area contributed by atoms with Crippen LogP contribution < -0.4 is 34.8 Å². The number of hydrogen-bond acceptors (Lipinski definition) is 14. The molecule has 16 nitrogen and oxygen atoms in total. The topological polar surface area (TPSA) is 203 Å². The van der Waals surface area contributed by atoms with Crippen LogP contribution in [0.2, 0.25) is 0 Å². The molecular formula is C54H58F3N9O7S2. The van der Waals surface area contributed by atoms with Gasteiger partial charge >= 0.3 is 6.18 Å². The SMILES string of the molecule is Cc1ncsc1-c1ccc([C@H](C)NC(=O)C2C[C@@H](O)CC2C(=O)[C@@H](NC(=O)COc2ccc(OC3CCN(c4ccc(N5C(=S)N(c6ccc(C#N)c(C(F)(F)F)c6)C(=O)C5(C)C)cn4)CC3)nc2)C(C)(C)C)cc1. The number of piperidine rings is 1. The smallest absolute Gasteiger partial charge is 0.417 e. The summed E-state index contributed by atoms with van der Waals surface area (Å²) in [6.45, 7) is 13.4. The maximum absolute atomic E-state index is 14.2. The van der Waals surface area contributed by atoms with Gasteiger partial charge in [0.1, 0.15) is 23.2 Å². The molecule has 3 N–H and O–H groups in total. The van der Waals surface area contributed by atoms with Crippen LogP contribution in [-0.2, 0) is 25.4 Å². The predicted molar refractivity (Wildman–Crippen MR) is 280 cm³/mol. The van der Waals surface area contributed by atoms with Gasteiger partial charge in [0.15, 0.2) is 17.5 Å². The van der Waals surface area contributed by atoms with Crippen molar-refractivity contribution in [3.05, 3.63) is 107 Å². The Labute approximate surface area is 442 Å². The third-order valence-electron chi connectivity index (χ3n) is 14.0. The van der Waals surface area contributed by atoms with Gasteiger partial charge in [0.2, 0.25) is 11.8 Å². The Morgan fingerprint density at radius 1 is 0.947 bits per heavy atom. The molecule has 1 saturated carbocycles. The predicted octanol–water partition coefficient (Wildman–Crippen LogP) is 8.51. The highest BCUT2D eigenvalue weighted by Gasteiger charge is 2.51. The fraction of sp³-hybridized carbons (Fsp3) is 0.426. The number of pyridine rings is 2. The van der Waals surface area contributed by atoms with Crippen molar-refractivity contribution in [1.29, 1.82) is 5.26 Å². The summed E-state index contributed by atoms with van der Waals surface area (Å²) in [5.41, 5.74) is 1.33. The maximum atomic E-state index is 14.2. The van der Waals surface area contributed by atoms with Crippen LogP contribution in [0.4, 0.5) is 30.4 Å². The highest BCUT2D eigenvalue weighted by Crippen LogP contribution is 2.41. The highest BCUT2D eigenvalue weighted by molar-refractivity contribution is 7.81. The summed E-state index contributed by atoms with van der Waals surface area (Å²) in [6.07, 6.45) is -1.31. The first-order valence-corrected chi connectivity index (χ1v) is 25.8. The van der Waals surface area contributed by atoms with Gasteiger partial charge in [-0.2, -0.15) is 18.4 Å². The lowest BCUT2D eigenvalue weighted by atomic mass is 9.77. The van der Waals surface area contributed by atoms with Crippen LogP contribution in [0.25, 0.3) is 10.4 Å². The summed E-state index contributed by atoms with van der Waals surface area (Å²) in [5.74, 6) is -2.00. The van der Waals surface area contributed by atoms with E-state index in [0.29, 0.717) is 49.1 Å². The number of nitrogens with one attached hydrogen (secondary N) is 2. The Morgan fingerprint density at radius 3 is 2.24 bits per heavy atom. The number of nitrogens with zero attached hydrogens (tertiary/aromatic N) is 7. The fourth-order valence-electron chi connectivity index (χ4n) is 9.85. The van der Waals surface area contributed by atoms with Crippen LogP contribution in [0.1, 0.15) is 95.7 Å². The number of rotatable bonds is 15. The van der Waals surface area contributed by atoms with Crippen LogP contribution in [0.3, 0.4) is 0 Å². The first-order valence-electron chi connectivity index (χ1n) is 24.5. The Balaban J connectivity index is 0.806. The number of alkyl halides is 3. The molecule has 0 radical (unpaired) electrons. The van der Waals surface area contributed by atoms with E-state index in [2.05, 4.69) is 30.5 Å². The molecule has 1 aliphatic carbocycles. The first kappa shape index (κ1) is 54.2. The van der Waals surface area contributed by atoms with Gasteiger partial charge in [0.05, 0.1) is 81.2 Å². The van der Waals surface area contributed by atoms with E-state index in [-0.39, 0.29) is 47.5 Å². The van der Waals surface area contributed by atoms with Gasteiger partial charge in [0.25, 0.3) is 11.8 Å². The monoisotopic (exact) mass is 1070 g/mol. The molecule has 2 aliphatic heterocycles. The number of anilines is 3. The van der Waals surface area contributed by atoms with E-state index in [9.17, 15) is 42.7 Å². The standard InChI is InChI=1S/C54H58F3N9O7S2/c1-30(32-8-10-33(11-9-32)47-31(2)61-29-75-47)62-49(70)41-24-37(67)23-40(41)46(69)48(52(3,4)5)63-44(68)28-72-39-15-17-45(60-27-39)73-38-18-20-64(21-19-38)43-16-14-36(26-59-43)66-51(74)65(50(71)53(66,6)7)35-13-12-34(25-58)42(22-35)54(55,56)57/h8-17,22,26-27,29-30,37-38,40-41,48,67H,18-21,23-24,28H2,1-7H3,(H,62,70)(H,63,68)/t30-,37-,40?,41?,48+/m0/s1. The molecule has 0 spiro atoms. The number of aliphatic hydroxyl groups excluding tert-OH is 1. The van der Waals surface area contributed by atoms with Gasteiger partial charge in [-0.3, -0.25) is 24.1 Å². The Bertz CT molecular complexity index is 2990. The summed E-state index contributed by atoms with van der Waals surface area (Å²) in [4.78, 5) is 74.1. The lowest BCUT2D eigenvalue weighted by Gasteiger charge is -2.33. The lowest BCUT2D eigenvalue weighted by Crippen LogP contribution is -2.53. The number of hydrogen-bond donors (Lipinski definition) is 3. The summed E-state index contributed by atoms with van der Waals surface area (Å²) >= 11 is 7.23. The van der Waals surface area contributed by atoms with Gasteiger partial charge in [-0.1, -0.05) is 45.0 Å². The minimum absolute atomic E-state index is 0.0284. The largest absolute Gasteiger partial charge is 0.482 e. The number of thiocarbonyl (C=S) groups is 1. The third-order valence-corrected chi connectivity index (χ3v) is 15.3. The maximum Gasteiger partial charge on any atom is 0.417 e. The van der Waals surface area contributed by atoms with Crippen LogP contribution >= 0.6 is 23.6 Å². The second kappa shape index (κ2) is 21.7. The van der Waals surface area contributed by atoms with E-state index in [1.54, 1.807) is 72.1 Å². The Hall–Kier alpha value is -7.02. The number of carbonyl (C=O) groups excluding carboxylic acids is 4. The van der Waals surface area contributed by atoms with Crippen molar-refractivity contribution in [2.24, 2.45) is 17.3 Å². The average molecular weight is 1070 g/mol. The fourth-order valence-corrected chi connectivity index (χ4v) is 11.2. The number of benzene rings is 2. The number of Topliss-reactive ketones (excluding diaryl/α,β-unsaturated/α-hetero) is 1. The summed E-state index contributed by atoms with van der Waals surface area (Å²) in [6, 6.07) is 18.0. The molecule has 75 heavy (non-hydrogen) atoms. The van der Waals surface area contributed by atoms with Crippen molar-refractivity contribution >= 4 is 69.4 Å². The van der Waals surface area contributed by atoms with E-state index in [4.69, 9.17) is 21.7 Å². The van der Waals surface area contributed by atoms with Gasteiger partial charge in [-0.05, 0) is 106 Å². The zero-order valence-corrected chi connectivity index (χ0v) is 44.1. The van der Waals surface area contributed by atoms with Crippen LogP contribution in [0, 0.1) is 35.5 Å². The van der Waals surface area contributed by atoms with Crippen molar-refractivity contribution in [3.63, 3.8) is 0 Å². The molecule has 0 bridgehead atoms. The Morgan fingerprint density at radius 2 is 1.64 bits per heavy atom. The number of halogens is 3. The third kappa shape index (κ3) is 11.8. The molecular weight excluding hydrogens is 1010 g/mol. The van der Waals surface area contributed by atoms with Gasteiger partial charge < -0.3 is 35.0 Å². The molecule has 3 fully saturated rings. The van der Waals surface area contributed by atoms with Gasteiger partial charge in [-0.25, -0.2) is 15.0 Å². The molecule has 3 aliphatic rings. The number of amides is 3. The highest BCUT2D eigenvalue weighted by atomic mass is 32.1. The van der Waals surface area contributed by atoms with E-state index in [0.717, 1.165) is 38.7 Å². The van der Waals surface area contributed by atoms with E-state index < -0.39 is 70.7 Å². The number of ketones is 1. The van der Waals surface area contributed by atoms with Crippen molar-refractivity contribution in [3.8, 4) is 28.1 Å². The lowest BCUT2D eigenvalue weighted by molar-refractivity contribution is -0.138. The van der Waals surface area contributed by atoms with E-state index in [1.807, 2.05) is 58.9 Å². The second-order valence-corrected chi connectivity index (χ2v) is 21.9. The molecule has 3 amide bonds. The zero-order chi connectivity index (χ0) is 54.1. The minimum Gasteiger partial charge on any atom is -0.482 e. The minimum atomic E-state index is -4.82. The number of ether oxygens (including phenoxy) is 2. The molecule has 2 saturated heterocycles. The molecule has 21 heteroatoms. The van der Waals surface area contributed by atoms with Gasteiger partial charge in [0, 0.05) is 37.9 Å². The molecule has 5 heterocycles. The van der Waals surface area contributed by atoms with Crippen LogP contribution in [-0.4, -0.2) is 92.2 Å². The molecule has 3 aromatic heterocycles. The first-order chi connectivity index (χ1) is 35.4. The number of aromatic nitrogens is 3. The number of aryl methyl sites for hydroxylation is 1. The van der Waals surface area contributed by atoms with E-state index in [1.165, 1.54) is 12.3 Å². The number of carbonyl (C=O) groups is 4. The number of aliphatic hydroxyl groups is 1. The molecule has 394 valence electrons.